The lowest BCUT2D eigenvalue weighted by Gasteiger charge is -2.04. The van der Waals surface area contributed by atoms with Crippen LogP contribution in [0.2, 0.25) is 0 Å². The van der Waals surface area contributed by atoms with Gasteiger partial charge in [-0.15, -0.1) is 0 Å². The van der Waals surface area contributed by atoms with Crippen molar-refractivity contribution in [2.24, 2.45) is 0 Å². The fourth-order valence-corrected chi connectivity index (χ4v) is 9.58. The number of aryl methyl sites for hydroxylation is 12. The molecule has 0 fully saturated rings. The van der Waals surface area contributed by atoms with E-state index in [0.29, 0.717) is 0 Å². The fraction of sp³-hybridized carbons (Fsp3) is 0.442. The zero-order valence-electron chi connectivity index (χ0n) is 76.1. The monoisotopic (exact) mass is 1470 g/mol. The van der Waals surface area contributed by atoms with E-state index in [-0.39, 0.29) is 0 Å². The van der Waals surface area contributed by atoms with E-state index in [2.05, 4.69) is 297 Å². The minimum atomic E-state index is 0.805. The van der Waals surface area contributed by atoms with Gasteiger partial charge in [0.1, 0.15) is 0 Å². The summed E-state index contributed by atoms with van der Waals surface area (Å²) < 4.78 is 0. The number of benzene rings is 8. The molecule has 0 radical (unpaired) electrons. The summed E-state index contributed by atoms with van der Waals surface area (Å²) in [7, 11) is 0. The van der Waals surface area contributed by atoms with Crippen molar-refractivity contribution in [1.82, 2.24) is 19.9 Å². The van der Waals surface area contributed by atoms with E-state index < -0.39 is 0 Å². The highest BCUT2D eigenvalue weighted by Gasteiger charge is 2.04. The number of aromatic nitrogens is 4. The Balaban J connectivity index is -0.000000275. The molecule has 8 aromatic carbocycles. The van der Waals surface area contributed by atoms with E-state index in [0.717, 1.165) is 99.6 Å². The summed E-state index contributed by atoms with van der Waals surface area (Å²) >= 11 is 0. The van der Waals surface area contributed by atoms with Crippen LogP contribution in [0.3, 0.4) is 0 Å². The lowest BCUT2D eigenvalue weighted by molar-refractivity contribution is 1.05. The molecule has 3 aromatic heterocycles. The van der Waals surface area contributed by atoms with Crippen LogP contribution < -0.4 is 0 Å². The Bertz CT molecular complexity index is 3110. The van der Waals surface area contributed by atoms with E-state index in [1.54, 1.807) is 0 Å². The highest BCUT2D eigenvalue weighted by Crippen LogP contribution is 2.23. The third-order valence-corrected chi connectivity index (χ3v) is 15.9. The quantitative estimate of drug-likeness (QED) is 0.103. The lowest BCUT2D eigenvalue weighted by Crippen LogP contribution is -1.91. The Hall–Kier alpha value is -8.34. The van der Waals surface area contributed by atoms with Gasteiger partial charge in [-0.2, -0.15) is 0 Å². The average molecular weight is 1470 g/mol. The van der Waals surface area contributed by atoms with Crippen LogP contribution in [0.5, 0.6) is 0 Å². The summed E-state index contributed by atoms with van der Waals surface area (Å²) in [6, 6.07) is 70.0. The Labute approximate surface area is 669 Å². The third kappa shape index (κ3) is 45.5. The number of rotatable bonds is 15. The largest absolute Gasteiger partial charge is 0.256 e. The van der Waals surface area contributed by atoms with Gasteiger partial charge < -0.3 is 0 Å². The molecular formula is C104H162N4. The maximum atomic E-state index is 4.48. The molecule has 0 unspecified atom stereocenters. The maximum Gasteiger partial charge on any atom is 0.159 e. The number of pyridine rings is 2. The van der Waals surface area contributed by atoms with Gasteiger partial charge in [0, 0.05) is 41.3 Å². The minimum absolute atomic E-state index is 0.805. The van der Waals surface area contributed by atoms with E-state index >= 15 is 0 Å². The van der Waals surface area contributed by atoms with Crippen molar-refractivity contribution in [1.29, 1.82) is 0 Å². The molecule has 0 aliphatic rings. The predicted molar refractivity (Wildman–Crippen MR) is 499 cm³/mol. The molecule has 0 saturated heterocycles. The second kappa shape index (κ2) is 78.2. The predicted octanol–water partition coefficient (Wildman–Crippen LogP) is 33.0. The Morgan fingerprint density at radius 3 is 0.676 bits per heavy atom. The van der Waals surface area contributed by atoms with Crippen LogP contribution in [0, 0.1) is 0 Å². The number of hydrogen-bond acceptors (Lipinski definition) is 4. The molecule has 11 rings (SSSR count). The maximum absolute atomic E-state index is 4.48. The number of fused-ring (bicyclic) bond motifs is 2. The Kier molecular flexibility index (Phi) is 80.1. The van der Waals surface area contributed by atoms with Crippen LogP contribution in [-0.2, 0) is 77.0 Å². The van der Waals surface area contributed by atoms with Crippen LogP contribution in [0.15, 0.2) is 219 Å². The molecule has 0 aliphatic carbocycles. The molecule has 0 bridgehead atoms. The van der Waals surface area contributed by atoms with Crippen molar-refractivity contribution in [2.45, 2.75) is 312 Å². The van der Waals surface area contributed by atoms with Crippen molar-refractivity contribution in [3.8, 4) is 33.8 Å². The molecule has 0 aliphatic heterocycles. The topological polar surface area (TPSA) is 51.6 Å². The molecule has 0 atom stereocenters. The lowest BCUT2D eigenvalue weighted by atomic mass is 10.0. The summed E-state index contributed by atoms with van der Waals surface area (Å²) in [4.78, 5) is 17.7. The average Bonchev–Trinajstić information content (AvgIpc) is 0.941. The smallest absolute Gasteiger partial charge is 0.159 e. The molecule has 108 heavy (non-hydrogen) atoms. The van der Waals surface area contributed by atoms with E-state index in [9.17, 15) is 0 Å². The molecule has 0 N–H and O–H groups in total. The zero-order chi connectivity index (χ0) is 83.5. The first kappa shape index (κ1) is 111. The SMILES string of the molecule is CC.CC.CC.CC.CC.CC.CC.CC.CC.CC.CC.CCc1ccc(-c2ccc(CC)cc2)cc1.CCc1ccc(-c2ccc(CC)cn2)cc1.CCc1ccc(-c2ncc(CC)cn2)cc1.CCc1ccc(CC)cc1.CCc1ccc2cc(CC)ccc2c1.CCc1cnc2cc(CC)ccc2c1. The van der Waals surface area contributed by atoms with Crippen molar-refractivity contribution in [2.75, 3.05) is 0 Å². The molecule has 4 heteroatoms. The Morgan fingerprint density at radius 1 is 0.167 bits per heavy atom. The first-order chi connectivity index (χ1) is 53.0. The van der Waals surface area contributed by atoms with Gasteiger partial charge in [0.25, 0.3) is 0 Å². The first-order valence-corrected chi connectivity index (χ1v) is 43.1. The van der Waals surface area contributed by atoms with E-state index in [4.69, 9.17) is 0 Å². The van der Waals surface area contributed by atoms with Gasteiger partial charge in [0.15, 0.2) is 5.82 Å². The van der Waals surface area contributed by atoms with Gasteiger partial charge in [-0.3, -0.25) is 9.97 Å². The van der Waals surface area contributed by atoms with Crippen LogP contribution in [-0.4, -0.2) is 19.9 Å². The van der Waals surface area contributed by atoms with Crippen LogP contribution in [0.4, 0.5) is 0 Å². The highest BCUT2D eigenvalue weighted by molar-refractivity contribution is 5.84. The standard InChI is InChI=1S/C16H18.C15H17N.C14H16N2.C14H16.C13H15N.C10H14.11C2H6/c1-3-13-5-9-15(10-6-13)16-11-7-14(4-2)8-12-16;1-3-12-5-8-14(9-6-12)15-10-7-13(4-2)11-16-15;1-3-11-5-7-13(8-6-11)14-15-9-12(4-2)10-16-14;1-3-11-5-7-14-10-12(4-2)6-8-13(14)9-11;1-3-10-5-6-12-7-11(4-2)9-14-13(12)8-10;1-3-9-5-7-10(4-2)8-6-9;11*1-2/h5-12H,3-4H2,1-2H3;5-11H,3-4H2,1-2H3;5-10H,3-4H2,1-2H3;5-10H,3-4H2,1-2H3;5-9H,3-4H2,1-2H3;5-8H,3-4H2,1-2H3;11*1-2H3. The van der Waals surface area contributed by atoms with Crippen molar-refractivity contribution < 1.29 is 0 Å². The third-order valence-electron chi connectivity index (χ3n) is 15.9. The van der Waals surface area contributed by atoms with Gasteiger partial charge in [-0.05, 0) is 184 Å². The molecule has 11 aromatic rings. The van der Waals surface area contributed by atoms with Gasteiger partial charge in [-0.25, -0.2) is 9.97 Å². The molecule has 3 heterocycles. The fourth-order valence-electron chi connectivity index (χ4n) is 9.58. The molecule has 0 spiro atoms. The van der Waals surface area contributed by atoms with Crippen LogP contribution >= 0.6 is 0 Å². The van der Waals surface area contributed by atoms with Crippen LogP contribution in [0.1, 0.15) is 302 Å². The van der Waals surface area contributed by atoms with Crippen molar-refractivity contribution in [3.05, 3.63) is 286 Å². The number of hydrogen-bond donors (Lipinski definition) is 0. The number of nitrogens with zero attached hydrogens (tertiary/aromatic N) is 4. The van der Waals surface area contributed by atoms with E-state index in [1.807, 2.05) is 177 Å². The normalized spacial score (nSPS) is 8.91. The van der Waals surface area contributed by atoms with Gasteiger partial charge >= 0.3 is 0 Å². The van der Waals surface area contributed by atoms with Gasteiger partial charge in [-0.1, -0.05) is 411 Å². The molecule has 598 valence electrons. The second-order valence-corrected chi connectivity index (χ2v) is 21.7. The Morgan fingerprint density at radius 2 is 0.389 bits per heavy atom. The first-order valence-electron chi connectivity index (χ1n) is 43.1. The molecule has 0 amide bonds. The summed E-state index contributed by atoms with van der Waals surface area (Å²) in [6.45, 7) is 70.0. The highest BCUT2D eigenvalue weighted by atomic mass is 14.9. The zero-order valence-corrected chi connectivity index (χ0v) is 76.1. The summed E-state index contributed by atoms with van der Waals surface area (Å²) in [5, 5.41) is 3.98. The van der Waals surface area contributed by atoms with Crippen molar-refractivity contribution >= 4 is 21.7 Å². The molecular weight excluding hydrogens is 1310 g/mol. The van der Waals surface area contributed by atoms with Gasteiger partial charge in [0.05, 0.1) is 11.2 Å². The van der Waals surface area contributed by atoms with E-state index in [1.165, 1.54) is 99.6 Å². The summed E-state index contributed by atoms with van der Waals surface area (Å²) in [6.07, 6.45) is 20.8. The summed E-state index contributed by atoms with van der Waals surface area (Å²) in [5.74, 6) is 0.805. The molecule has 0 saturated carbocycles. The molecule has 4 nitrogen and oxygen atoms in total. The van der Waals surface area contributed by atoms with Crippen molar-refractivity contribution in [3.63, 3.8) is 0 Å². The van der Waals surface area contributed by atoms with Crippen LogP contribution in [0.25, 0.3) is 55.4 Å². The van der Waals surface area contributed by atoms with Gasteiger partial charge in [0.2, 0.25) is 0 Å². The summed E-state index contributed by atoms with van der Waals surface area (Å²) in [5.41, 5.74) is 23.4. The minimum Gasteiger partial charge on any atom is -0.256 e. The second-order valence-electron chi connectivity index (χ2n) is 21.7.